The van der Waals surface area contributed by atoms with E-state index in [0.717, 1.165) is 0 Å². The van der Waals surface area contributed by atoms with Crippen molar-refractivity contribution in [2.45, 2.75) is 57.2 Å². The number of rotatable bonds is 2. The number of hydrogen-bond acceptors (Lipinski definition) is 3. The Morgan fingerprint density at radius 2 is 1.86 bits per heavy atom. The fourth-order valence-electron chi connectivity index (χ4n) is 3.08. The topological polar surface area (TPSA) is 29.5 Å². The van der Waals surface area contributed by atoms with Gasteiger partial charge in [-0.25, -0.2) is 0 Å². The van der Waals surface area contributed by atoms with Crippen molar-refractivity contribution in [2.75, 3.05) is 7.11 Å². The highest BCUT2D eigenvalue weighted by Gasteiger charge is 2.41. The Labute approximate surface area is 85.4 Å². The molecule has 3 atom stereocenters. The second-order valence-electron chi connectivity index (χ2n) is 4.46. The Kier molecular flexibility index (Phi) is 2.77. The number of piperidine rings is 1. The predicted octanol–water partition coefficient (Wildman–Crippen LogP) is 1.56. The molecule has 0 radical (unpaired) electrons. The Bertz CT molecular complexity index is 213. The number of hydrogen-bond donors (Lipinski definition) is 0. The van der Waals surface area contributed by atoms with Gasteiger partial charge in [0.15, 0.2) is 0 Å². The molecule has 2 saturated heterocycles. The van der Waals surface area contributed by atoms with Gasteiger partial charge in [0.25, 0.3) is 0 Å². The van der Waals surface area contributed by atoms with Gasteiger partial charge in [-0.1, -0.05) is 6.42 Å². The smallest absolute Gasteiger partial charge is 0.322 e. The first kappa shape index (κ1) is 9.97. The van der Waals surface area contributed by atoms with E-state index in [4.69, 9.17) is 4.74 Å². The van der Waals surface area contributed by atoms with E-state index in [0.29, 0.717) is 12.1 Å². The van der Waals surface area contributed by atoms with E-state index in [1.165, 1.54) is 39.2 Å². The lowest BCUT2D eigenvalue weighted by Gasteiger charge is -2.37. The van der Waals surface area contributed by atoms with E-state index >= 15 is 0 Å². The third kappa shape index (κ3) is 1.54. The van der Waals surface area contributed by atoms with Gasteiger partial charge in [-0.15, -0.1) is 0 Å². The van der Waals surface area contributed by atoms with Gasteiger partial charge in [0, 0.05) is 12.1 Å². The SMILES string of the molecule is COC(=O)C(C)N1C2CCCC1CC2. The van der Waals surface area contributed by atoms with Crippen molar-refractivity contribution >= 4 is 5.97 Å². The maximum Gasteiger partial charge on any atom is 0.322 e. The molecule has 14 heavy (non-hydrogen) atoms. The maximum atomic E-state index is 11.5. The van der Waals surface area contributed by atoms with Gasteiger partial charge in [0.05, 0.1) is 7.11 Å². The van der Waals surface area contributed by atoms with E-state index in [-0.39, 0.29) is 12.0 Å². The van der Waals surface area contributed by atoms with Crippen molar-refractivity contribution in [3.05, 3.63) is 0 Å². The highest BCUT2D eigenvalue weighted by molar-refractivity contribution is 5.75. The zero-order valence-corrected chi connectivity index (χ0v) is 9.03. The van der Waals surface area contributed by atoms with Crippen LogP contribution in [0.1, 0.15) is 39.0 Å². The molecule has 0 amide bonds. The fourth-order valence-corrected chi connectivity index (χ4v) is 3.08. The molecule has 0 saturated carbocycles. The van der Waals surface area contributed by atoms with Crippen LogP contribution in [-0.2, 0) is 9.53 Å². The molecule has 0 aromatic heterocycles. The summed E-state index contributed by atoms with van der Waals surface area (Å²) in [6, 6.07) is 1.24. The lowest BCUT2D eigenvalue weighted by atomic mass is 10.0. The molecule has 0 aromatic carbocycles. The monoisotopic (exact) mass is 197 g/mol. The molecule has 0 aromatic rings. The predicted molar refractivity (Wildman–Crippen MR) is 54.0 cm³/mol. The fraction of sp³-hybridized carbons (Fsp3) is 0.909. The van der Waals surface area contributed by atoms with Crippen LogP contribution >= 0.6 is 0 Å². The van der Waals surface area contributed by atoms with Crippen molar-refractivity contribution < 1.29 is 9.53 Å². The third-order valence-electron chi connectivity index (χ3n) is 3.74. The second-order valence-corrected chi connectivity index (χ2v) is 4.46. The van der Waals surface area contributed by atoms with Crippen LogP contribution in [0.3, 0.4) is 0 Å². The first-order chi connectivity index (χ1) is 6.74. The van der Waals surface area contributed by atoms with Gasteiger partial charge in [0.2, 0.25) is 0 Å². The molecule has 2 aliphatic rings. The number of ether oxygens (including phenoxy) is 1. The Hall–Kier alpha value is -0.570. The summed E-state index contributed by atoms with van der Waals surface area (Å²) in [4.78, 5) is 13.9. The molecular weight excluding hydrogens is 178 g/mol. The molecule has 3 unspecified atom stereocenters. The second kappa shape index (κ2) is 3.89. The Morgan fingerprint density at radius 3 is 2.36 bits per heavy atom. The molecule has 3 nitrogen and oxygen atoms in total. The van der Waals surface area contributed by atoms with Crippen LogP contribution in [0, 0.1) is 0 Å². The van der Waals surface area contributed by atoms with Crippen LogP contribution in [0.5, 0.6) is 0 Å². The summed E-state index contributed by atoms with van der Waals surface area (Å²) < 4.78 is 4.81. The normalized spacial score (nSPS) is 34.1. The zero-order chi connectivity index (χ0) is 10.1. The molecule has 2 bridgehead atoms. The van der Waals surface area contributed by atoms with Gasteiger partial charge < -0.3 is 4.74 Å². The Morgan fingerprint density at radius 1 is 1.29 bits per heavy atom. The van der Waals surface area contributed by atoms with Crippen molar-refractivity contribution in [3.8, 4) is 0 Å². The number of fused-ring (bicyclic) bond motifs is 2. The summed E-state index contributed by atoms with van der Waals surface area (Å²) in [7, 11) is 1.48. The summed E-state index contributed by atoms with van der Waals surface area (Å²) in [6.45, 7) is 1.97. The molecular formula is C11H19NO2. The Balaban J connectivity index is 2.06. The molecule has 0 spiro atoms. The van der Waals surface area contributed by atoms with Gasteiger partial charge in [-0.05, 0) is 32.6 Å². The van der Waals surface area contributed by atoms with Crippen molar-refractivity contribution in [1.82, 2.24) is 4.90 Å². The van der Waals surface area contributed by atoms with Crippen LogP contribution in [0.2, 0.25) is 0 Å². The average molecular weight is 197 g/mol. The number of carbonyl (C=O) groups is 1. The zero-order valence-electron chi connectivity index (χ0n) is 9.03. The number of nitrogens with zero attached hydrogens (tertiary/aromatic N) is 1. The third-order valence-corrected chi connectivity index (χ3v) is 3.74. The first-order valence-corrected chi connectivity index (χ1v) is 5.59. The van der Waals surface area contributed by atoms with Crippen LogP contribution in [0.4, 0.5) is 0 Å². The first-order valence-electron chi connectivity index (χ1n) is 5.59. The molecule has 2 fully saturated rings. The van der Waals surface area contributed by atoms with Crippen LogP contribution in [0.15, 0.2) is 0 Å². The minimum atomic E-state index is -0.0798. The minimum Gasteiger partial charge on any atom is -0.468 e. The molecule has 80 valence electrons. The van der Waals surface area contributed by atoms with Gasteiger partial charge in [-0.2, -0.15) is 0 Å². The van der Waals surface area contributed by atoms with Crippen LogP contribution in [-0.4, -0.2) is 36.1 Å². The lowest BCUT2D eigenvalue weighted by molar-refractivity contribution is -0.148. The van der Waals surface area contributed by atoms with Crippen molar-refractivity contribution in [1.29, 1.82) is 0 Å². The van der Waals surface area contributed by atoms with E-state index in [2.05, 4.69) is 4.90 Å². The highest BCUT2D eigenvalue weighted by atomic mass is 16.5. The van der Waals surface area contributed by atoms with Crippen LogP contribution in [0.25, 0.3) is 0 Å². The number of methoxy groups -OCH3 is 1. The highest BCUT2D eigenvalue weighted by Crippen LogP contribution is 2.36. The van der Waals surface area contributed by atoms with Gasteiger partial charge in [0.1, 0.15) is 6.04 Å². The quantitative estimate of drug-likeness (QED) is 0.629. The van der Waals surface area contributed by atoms with Crippen LogP contribution < -0.4 is 0 Å². The lowest BCUT2D eigenvalue weighted by Crippen LogP contribution is -2.49. The summed E-state index contributed by atoms with van der Waals surface area (Å²) in [6.07, 6.45) is 6.40. The van der Waals surface area contributed by atoms with E-state index in [1.54, 1.807) is 0 Å². The standard InChI is InChI=1S/C11H19NO2/c1-8(11(13)14-2)12-9-4-3-5-10(12)7-6-9/h8-10H,3-7H2,1-2H3. The summed E-state index contributed by atoms with van der Waals surface area (Å²) in [5.41, 5.74) is 0. The molecule has 3 heteroatoms. The van der Waals surface area contributed by atoms with E-state index < -0.39 is 0 Å². The molecule has 2 rings (SSSR count). The number of esters is 1. The minimum absolute atomic E-state index is 0.0437. The summed E-state index contributed by atoms with van der Waals surface area (Å²) >= 11 is 0. The van der Waals surface area contributed by atoms with Crippen molar-refractivity contribution in [2.24, 2.45) is 0 Å². The molecule has 2 aliphatic heterocycles. The number of carbonyl (C=O) groups excluding carboxylic acids is 1. The van der Waals surface area contributed by atoms with Gasteiger partial charge in [-0.3, -0.25) is 9.69 Å². The molecule has 0 N–H and O–H groups in total. The summed E-state index contributed by atoms with van der Waals surface area (Å²) in [5, 5.41) is 0. The average Bonchev–Trinajstić information content (AvgIpc) is 2.46. The molecule has 0 aliphatic carbocycles. The van der Waals surface area contributed by atoms with E-state index in [1.807, 2.05) is 6.92 Å². The summed E-state index contributed by atoms with van der Waals surface area (Å²) in [5.74, 6) is -0.0798. The largest absolute Gasteiger partial charge is 0.468 e. The molecule has 2 heterocycles. The van der Waals surface area contributed by atoms with E-state index in [9.17, 15) is 4.79 Å². The maximum absolute atomic E-state index is 11.5. The van der Waals surface area contributed by atoms with Crippen molar-refractivity contribution in [3.63, 3.8) is 0 Å². The van der Waals surface area contributed by atoms with Gasteiger partial charge >= 0.3 is 5.97 Å².